The molecule has 0 aromatic heterocycles. The molecule has 0 fully saturated rings. The van der Waals surface area contributed by atoms with Gasteiger partial charge >= 0.3 is 0 Å². The second kappa shape index (κ2) is 6.40. The lowest BCUT2D eigenvalue weighted by Gasteiger charge is -2.04. The highest BCUT2D eigenvalue weighted by molar-refractivity contribution is 7.84. The van der Waals surface area contributed by atoms with E-state index in [9.17, 15) is 9.00 Å². The van der Waals surface area contributed by atoms with E-state index >= 15 is 0 Å². The van der Waals surface area contributed by atoms with Crippen molar-refractivity contribution in [2.24, 2.45) is 5.73 Å². The molecule has 0 radical (unpaired) electrons. The Hall–Kier alpha value is -1.20. The maximum atomic E-state index is 10.9. The molecule has 0 aliphatic carbocycles. The predicted octanol–water partition coefficient (Wildman–Crippen LogP) is 0.254. The number of amides is 1. The summed E-state index contributed by atoms with van der Waals surface area (Å²) < 4.78 is 10.8. The average molecular weight is 240 g/mol. The topological polar surface area (TPSA) is 72.2 Å². The highest BCUT2D eigenvalue weighted by Crippen LogP contribution is 2.04. The van der Waals surface area contributed by atoms with Crippen LogP contribution in [0, 0.1) is 0 Å². The van der Waals surface area contributed by atoms with Gasteiger partial charge in [0.15, 0.2) is 0 Å². The number of carbonyl (C=O) groups excluding carboxylic acids is 1. The first-order valence-corrected chi connectivity index (χ1v) is 6.72. The zero-order valence-electron chi connectivity index (χ0n) is 9.23. The second-order valence-electron chi connectivity index (χ2n) is 3.52. The van der Waals surface area contributed by atoms with Crippen molar-refractivity contribution in [1.29, 1.82) is 0 Å². The number of benzene rings is 1. The lowest BCUT2D eigenvalue weighted by molar-refractivity contribution is 0.1000. The summed E-state index contributed by atoms with van der Waals surface area (Å²) in [5.74, 6) is 0.215. The minimum absolute atomic E-state index is 0.420. The molecule has 1 aromatic rings. The molecular formula is C11H16N2O2S. The van der Waals surface area contributed by atoms with E-state index in [1.54, 1.807) is 24.5 Å². The van der Waals surface area contributed by atoms with Gasteiger partial charge in [-0.05, 0) is 17.7 Å². The molecule has 0 bridgehead atoms. The number of nitrogens with one attached hydrogen (secondary N) is 1. The molecule has 0 aliphatic rings. The second-order valence-corrected chi connectivity index (χ2v) is 5.07. The third-order valence-corrected chi connectivity index (χ3v) is 2.89. The maximum Gasteiger partial charge on any atom is 0.248 e. The number of carbonyl (C=O) groups is 1. The van der Waals surface area contributed by atoms with Gasteiger partial charge in [0.05, 0.1) is 0 Å². The van der Waals surface area contributed by atoms with E-state index in [1.165, 1.54) is 0 Å². The molecule has 1 rings (SSSR count). The average Bonchev–Trinajstić information content (AvgIpc) is 2.24. The van der Waals surface area contributed by atoms with E-state index in [-0.39, 0.29) is 0 Å². The molecule has 0 heterocycles. The Kier molecular flexibility index (Phi) is 5.14. The Bertz CT molecular complexity index is 393. The minimum Gasteiger partial charge on any atom is -0.366 e. The highest BCUT2D eigenvalue weighted by Gasteiger charge is 2.00. The van der Waals surface area contributed by atoms with Crippen LogP contribution in [-0.2, 0) is 17.3 Å². The predicted molar refractivity (Wildman–Crippen MR) is 65.6 cm³/mol. The number of hydrogen-bond acceptors (Lipinski definition) is 3. The van der Waals surface area contributed by atoms with Crippen LogP contribution in [0.25, 0.3) is 0 Å². The molecule has 3 N–H and O–H groups in total. The van der Waals surface area contributed by atoms with Crippen molar-refractivity contribution in [3.63, 3.8) is 0 Å². The fraction of sp³-hybridized carbons (Fsp3) is 0.364. The van der Waals surface area contributed by atoms with Crippen LogP contribution in [0.3, 0.4) is 0 Å². The van der Waals surface area contributed by atoms with Crippen molar-refractivity contribution in [3.05, 3.63) is 35.4 Å². The molecule has 0 saturated carbocycles. The summed E-state index contributed by atoms with van der Waals surface area (Å²) in [6.07, 6.45) is 1.68. The van der Waals surface area contributed by atoms with Gasteiger partial charge in [-0.25, -0.2) is 0 Å². The van der Waals surface area contributed by atoms with Crippen molar-refractivity contribution in [1.82, 2.24) is 5.32 Å². The standard InChI is InChI=1S/C11H16N2O2S/c1-16(15)6-5-13-8-9-3-2-4-10(7-9)11(12)14/h2-4,7,13H,5-6,8H2,1H3,(H2,12,14). The van der Waals surface area contributed by atoms with Crippen LogP contribution in [-0.4, -0.2) is 28.7 Å². The van der Waals surface area contributed by atoms with E-state index in [1.807, 2.05) is 6.07 Å². The third-order valence-electron chi connectivity index (χ3n) is 2.11. The fourth-order valence-electron chi connectivity index (χ4n) is 1.28. The summed E-state index contributed by atoms with van der Waals surface area (Å²) in [5, 5.41) is 3.15. The minimum atomic E-state index is -0.772. The van der Waals surface area contributed by atoms with Gasteiger partial charge in [-0.15, -0.1) is 0 Å². The van der Waals surface area contributed by atoms with E-state index in [0.717, 1.165) is 5.56 Å². The molecule has 16 heavy (non-hydrogen) atoms. The van der Waals surface area contributed by atoms with Crippen LogP contribution in [0.1, 0.15) is 15.9 Å². The van der Waals surface area contributed by atoms with Crippen molar-refractivity contribution in [2.75, 3.05) is 18.6 Å². The van der Waals surface area contributed by atoms with E-state index in [4.69, 9.17) is 5.73 Å². The molecule has 4 nitrogen and oxygen atoms in total. The summed E-state index contributed by atoms with van der Waals surface area (Å²) in [6.45, 7) is 1.35. The van der Waals surface area contributed by atoms with Gasteiger partial charge in [0, 0.05) is 41.5 Å². The molecule has 1 amide bonds. The first kappa shape index (κ1) is 12.9. The molecule has 88 valence electrons. The van der Waals surface area contributed by atoms with E-state index in [2.05, 4.69) is 5.32 Å². The summed E-state index contributed by atoms with van der Waals surface area (Å²) >= 11 is 0. The van der Waals surface area contributed by atoms with Crippen LogP contribution < -0.4 is 11.1 Å². The Morgan fingerprint density at radius 3 is 2.88 bits per heavy atom. The van der Waals surface area contributed by atoms with Crippen molar-refractivity contribution in [3.8, 4) is 0 Å². The normalized spacial score (nSPS) is 12.3. The molecule has 5 heteroatoms. The summed E-state index contributed by atoms with van der Waals surface area (Å²) in [5.41, 5.74) is 6.69. The lowest BCUT2D eigenvalue weighted by atomic mass is 10.1. The van der Waals surface area contributed by atoms with Gasteiger partial charge in [0.25, 0.3) is 0 Å². The molecule has 0 spiro atoms. The zero-order chi connectivity index (χ0) is 12.0. The third kappa shape index (κ3) is 4.55. The fourth-order valence-corrected chi connectivity index (χ4v) is 1.71. The van der Waals surface area contributed by atoms with Crippen molar-refractivity contribution < 1.29 is 9.00 Å². The van der Waals surface area contributed by atoms with Crippen LogP contribution in [0.4, 0.5) is 0 Å². The Morgan fingerprint density at radius 2 is 2.25 bits per heavy atom. The highest BCUT2D eigenvalue weighted by atomic mass is 32.2. The first-order chi connectivity index (χ1) is 7.59. The van der Waals surface area contributed by atoms with Gasteiger partial charge in [0.2, 0.25) is 5.91 Å². The Labute approximate surface area is 97.7 Å². The number of primary amides is 1. The largest absolute Gasteiger partial charge is 0.366 e. The molecule has 0 aliphatic heterocycles. The van der Waals surface area contributed by atoms with Crippen LogP contribution in [0.5, 0.6) is 0 Å². The lowest BCUT2D eigenvalue weighted by Crippen LogP contribution is -2.20. The van der Waals surface area contributed by atoms with Gasteiger partial charge in [-0.2, -0.15) is 0 Å². The Balaban J connectivity index is 2.45. The van der Waals surface area contributed by atoms with Gasteiger partial charge in [-0.3, -0.25) is 9.00 Å². The quantitative estimate of drug-likeness (QED) is 0.700. The maximum absolute atomic E-state index is 10.9. The van der Waals surface area contributed by atoms with Gasteiger partial charge in [-0.1, -0.05) is 12.1 Å². The smallest absolute Gasteiger partial charge is 0.248 e. The summed E-state index contributed by atoms with van der Waals surface area (Å²) in [6, 6.07) is 7.17. The number of nitrogens with two attached hydrogens (primary N) is 1. The Morgan fingerprint density at radius 1 is 1.50 bits per heavy atom. The number of rotatable bonds is 6. The monoisotopic (exact) mass is 240 g/mol. The van der Waals surface area contributed by atoms with Crippen LogP contribution >= 0.6 is 0 Å². The van der Waals surface area contributed by atoms with Crippen LogP contribution in [0.2, 0.25) is 0 Å². The van der Waals surface area contributed by atoms with Crippen LogP contribution in [0.15, 0.2) is 24.3 Å². The van der Waals surface area contributed by atoms with Gasteiger partial charge < -0.3 is 11.1 Å². The van der Waals surface area contributed by atoms with Gasteiger partial charge in [0.1, 0.15) is 0 Å². The summed E-state index contributed by atoms with van der Waals surface area (Å²) in [7, 11) is -0.772. The molecule has 0 saturated heterocycles. The van der Waals surface area contributed by atoms with E-state index in [0.29, 0.717) is 24.4 Å². The zero-order valence-corrected chi connectivity index (χ0v) is 10.0. The first-order valence-electron chi connectivity index (χ1n) is 4.99. The molecular weight excluding hydrogens is 224 g/mol. The number of hydrogen-bond donors (Lipinski definition) is 2. The summed E-state index contributed by atoms with van der Waals surface area (Å²) in [4.78, 5) is 10.9. The molecule has 1 atom stereocenters. The van der Waals surface area contributed by atoms with Crippen molar-refractivity contribution in [2.45, 2.75) is 6.54 Å². The van der Waals surface area contributed by atoms with Crippen molar-refractivity contribution >= 4 is 16.7 Å². The van der Waals surface area contributed by atoms with E-state index < -0.39 is 16.7 Å². The SMILES string of the molecule is CS(=O)CCNCc1cccc(C(N)=O)c1. The molecule has 1 aromatic carbocycles. The molecule has 1 unspecified atom stereocenters.